The van der Waals surface area contributed by atoms with Crippen molar-refractivity contribution in [2.24, 2.45) is 12.1 Å². The Labute approximate surface area is 118 Å². The Hall–Kier alpha value is -2.62. The molecule has 3 rings (SSSR count). The maximum atomic E-state index is 4.56. The first-order valence-corrected chi connectivity index (χ1v) is 6.50. The summed E-state index contributed by atoms with van der Waals surface area (Å²) in [5, 5.41) is 6.28. The standard InChI is InChI=1S/C16H16N4/c1-19-15-11-7-6-10-14(15)18-16(19)12-17-20(2)13-8-4-3-5-9-13/h3-12H,1-2H3/b17-12+. The second-order valence-corrected chi connectivity index (χ2v) is 4.62. The van der Waals surface area contributed by atoms with Gasteiger partial charge in [0.2, 0.25) is 0 Å². The molecule has 0 amide bonds. The maximum absolute atomic E-state index is 4.56. The zero-order valence-corrected chi connectivity index (χ0v) is 11.6. The van der Waals surface area contributed by atoms with Gasteiger partial charge in [0.1, 0.15) is 0 Å². The minimum Gasteiger partial charge on any atom is -0.326 e. The molecule has 0 N–H and O–H groups in total. The van der Waals surface area contributed by atoms with Gasteiger partial charge in [0.25, 0.3) is 0 Å². The highest BCUT2D eigenvalue weighted by Gasteiger charge is 2.04. The first-order chi connectivity index (χ1) is 9.75. The van der Waals surface area contributed by atoms with Crippen molar-refractivity contribution in [2.45, 2.75) is 0 Å². The van der Waals surface area contributed by atoms with Crippen LogP contribution in [0.2, 0.25) is 0 Å². The fourth-order valence-electron chi connectivity index (χ4n) is 2.13. The third kappa shape index (κ3) is 2.28. The second-order valence-electron chi connectivity index (χ2n) is 4.62. The van der Waals surface area contributed by atoms with Crippen LogP contribution >= 0.6 is 0 Å². The molecule has 2 aromatic carbocycles. The van der Waals surface area contributed by atoms with Crippen LogP contribution in [0.3, 0.4) is 0 Å². The van der Waals surface area contributed by atoms with Crippen LogP contribution in [0.15, 0.2) is 59.7 Å². The van der Waals surface area contributed by atoms with Crippen molar-refractivity contribution in [3.05, 3.63) is 60.4 Å². The normalized spacial score (nSPS) is 11.3. The van der Waals surface area contributed by atoms with Crippen molar-refractivity contribution in [3.8, 4) is 0 Å². The predicted octanol–water partition coefficient (Wildman–Crippen LogP) is 3.04. The Morgan fingerprint density at radius 3 is 2.50 bits per heavy atom. The van der Waals surface area contributed by atoms with Crippen molar-refractivity contribution in [1.82, 2.24) is 9.55 Å². The number of fused-ring (bicyclic) bond motifs is 1. The number of aryl methyl sites for hydroxylation is 1. The van der Waals surface area contributed by atoms with Crippen LogP contribution < -0.4 is 5.01 Å². The lowest BCUT2D eigenvalue weighted by Crippen LogP contribution is -2.09. The lowest BCUT2D eigenvalue weighted by molar-refractivity contribution is 0.927. The largest absolute Gasteiger partial charge is 0.326 e. The molecule has 0 radical (unpaired) electrons. The SMILES string of the molecule is CN(/N=C/c1nc2ccccc2n1C)c1ccccc1. The fraction of sp³-hybridized carbons (Fsp3) is 0.125. The van der Waals surface area contributed by atoms with Crippen LogP contribution in [-0.2, 0) is 7.05 Å². The molecule has 0 spiro atoms. The Balaban J connectivity index is 1.89. The summed E-state index contributed by atoms with van der Waals surface area (Å²) in [4.78, 5) is 4.56. The van der Waals surface area contributed by atoms with Gasteiger partial charge in [-0.25, -0.2) is 4.98 Å². The van der Waals surface area contributed by atoms with Gasteiger partial charge in [0.15, 0.2) is 5.82 Å². The highest BCUT2D eigenvalue weighted by molar-refractivity contribution is 5.85. The second kappa shape index (κ2) is 5.17. The van der Waals surface area contributed by atoms with E-state index >= 15 is 0 Å². The monoisotopic (exact) mass is 264 g/mol. The molecular formula is C16H16N4. The van der Waals surface area contributed by atoms with Gasteiger partial charge in [-0.3, -0.25) is 5.01 Å². The average molecular weight is 264 g/mol. The predicted molar refractivity (Wildman–Crippen MR) is 83.2 cm³/mol. The third-order valence-corrected chi connectivity index (χ3v) is 3.30. The van der Waals surface area contributed by atoms with Gasteiger partial charge in [-0.15, -0.1) is 0 Å². The summed E-state index contributed by atoms with van der Waals surface area (Å²) in [5.74, 6) is 0.842. The molecule has 0 saturated carbocycles. The summed E-state index contributed by atoms with van der Waals surface area (Å²) < 4.78 is 2.04. The molecule has 0 aliphatic rings. The van der Waals surface area contributed by atoms with E-state index in [-0.39, 0.29) is 0 Å². The molecule has 20 heavy (non-hydrogen) atoms. The topological polar surface area (TPSA) is 33.4 Å². The van der Waals surface area contributed by atoms with E-state index in [1.54, 1.807) is 6.21 Å². The highest BCUT2D eigenvalue weighted by atomic mass is 15.4. The molecule has 4 nitrogen and oxygen atoms in total. The van der Waals surface area contributed by atoms with E-state index < -0.39 is 0 Å². The minimum absolute atomic E-state index is 0.842. The Kier molecular flexibility index (Phi) is 3.21. The van der Waals surface area contributed by atoms with Crippen LogP contribution in [0, 0.1) is 0 Å². The molecule has 0 bridgehead atoms. The molecule has 100 valence electrons. The number of imidazole rings is 1. The van der Waals surface area contributed by atoms with Crippen LogP contribution in [0.4, 0.5) is 5.69 Å². The number of anilines is 1. The van der Waals surface area contributed by atoms with E-state index in [9.17, 15) is 0 Å². The van der Waals surface area contributed by atoms with Crippen molar-refractivity contribution in [3.63, 3.8) is 0 Å². The summed E-state index contributed by atoms with van der Waals surface area (Å²) in [5.41, 5.74) is 3.14. The van der Waals surface area contributed by atoms with E-state index in [4.69, 9.17) is 0 Å². The lowest BCUT2D eigenvalue weighted by atomic mass is 10.3. The van der Waals surface area contributed by atoms with Crippen molar-refractivity contribution < 1.29 is 0 Å². The molecule has 0 fully saturated rings. The quantitative estimate of drug-likeness (QED) is 0.538. The van der Waals surface area contributed by atoms with Gasteiger partial charge in [0.05, 0.1) is 22.9 Å². The average Bonchev–Trinajstić information content (AvgIpc) is 2.83. The Morgan fingerprint density at radius 2 is 1.75 bits per heavy atom. The molecule has 1 aromatic heterocycles. The molecule has 4 heteroatoms. The number of hydrogen-bond acceptors (Lipinski definition) is 3. The van der Waals surface area contributed by atoms with Crippen molar-refractivity contribution in [1.29, 1.82) is 0 Å². The maximum Gasteiger partial charge on any atom is 0.153 e. The summed E-state index contributed by atoms with van der Waals surface area (Å²) in [6, 6.07) is 18.1. The van der Waals surface area contributed by atoms with Gasteiger partial charge < -0.3 is 4.57 Å². The van der Waals surface area contributed by atoms with Gasteiger partial charge in [0, 0.05) is 14.1 Å². The van der Waals surface area contributed by atoms with E-state index in [2.05, 4.69) is 16.2 Å². The van der Waals surface area contributed by atoms with Gasteiger partial charge in [-0.2, -0.15) is 5.10 Å². The first kappa shape index (κ1) is 12.4. The minimum atomic E-state index is 0.842. The summed E-state index contributed by atoms with van der Waals surface area (Å²) in [7, 11) is 3.92. The van der Waals surface area contributed by atoms with E-state index in [0.29, 0.717) is 0 Å². The number of rotatable bonds is 3. The molecule has 0 saturated heterocycles. The number of hydrogen-bond donors (Lipinski definition) is 0. The van der Waals surface area contributed by atoms with Crippen LogP contribution in [-0.4, -0.2) is 22.8 Å². The van der Waals surface area contributed by atoms with Crippen LogP contribution in [0.1, 0.15) is 5.82 Å². The van der Waals surface area contributed by atoms with E-state index in [1.807, 2.05) is 72.2 Å². The zero-order valence-electron chi connectivity index (χ0n) is 11.6. The van der Waals surface area contributed by atoms with E-state index in [1.165, 1.54) is 0 Å². The first-order valence-electron chi connectivity index (χ1n) is 6.50. The Bertz CT molecular complexity index is 744. The molecule has 3 aromatic rings. The molecule has 1 heterocycles. The molecule has 0 aliphatic heterocycles. The summed E-state index contributed by atoms with van der Waals surface area (Å²) in [6.45, 7) is 0. The van der Waals surface area contributed by atoms with Crippen LogP contribution in [0.25, 0.3) is 11.0 Å². The molecule has 0 atom stereocenters. The molecule has 0 unspecified atom stereocenters. The van der Waals surface area contributed by atoms with Crippen molar-refractivity contribution in [2.75, 3.05) is 12.1 Å². The number of benzene rings is 2. The number of aromatic nitrogens is 2. The number of nitrogens with zero attached hydrogens (tertiary/aromatic N) is 4. The fourth-order valence-corrected chi connectivity index (χ4v) is 2.13. The zero-order chi connectivity index (χ0) is 13.9. The van der Waals surface area contributed by atoms with E-state index in [0.717, 1.165) is 22.5 Å². The summed E-state index contributed by atoms with van der Waals surface area (Å²) in [6.07, 6.45) is 1.78. The molecule has 0 aliphatic carbocycles. The van der Waals surface area contributed by atoms with Gasteiger partial charge in [-0.05, 0) is 24.3 Å². The number of hydrazone groups is 1. The van der Waals surface area contributed by atoms with Gasteiger partial charge >= 0.3 is 0 Å². The third-order valence-electron chi connectivity index (χ3n) is 3.30. The Morgan fingerprint density at radius 1 is 1.05 bits per heavy atom. The van der Waals surface area contributed by atoms with Gasteiger partial charge in [-0.1, -0.05) is 30.3 Å². The lowest BCUT2D eigenvalue weighted by Gasteiger charge is -2.11. The number of para-hydroxylation sites is 3. The van der Waals surface area contributed by atoms with Crippen molar-refractivity contribution >= 4 is 22.9 Å². The summed E-state index contributed by atoms with van der Waals surface area (Å²) >= 11 is 0. The molecular weight excluding hydrogens is 248 g/mol. The van der Waals surface area contributed by atoms with Crippen LogP contribution in [0.5, 0.6) is 0 Å². The smallest absolute Gasteiger partial charge is 0.153 e. The highest BCUT2D eigenvalue weighted by Crippen LogP contribution is 2.14.